The Morgan fingerprint density at radius 2 is 0.832 bits per heavy atom. The van der Waals surface area contributed by atoms with Crippen molar-refractivity contribution in [3.63, 3.8) is 0 Å². The lowest BCUT2D eigenvalue weighted by Crippen LogP contribution is -2.50. The zero-order valence-corrected chi connectivity index (χ0v) is 86.1. The maximum Gasteiger partial charge on any atom is 0.509 e. The van der Waals surface area contributed by atoms with E-state index in [0.717, 1.165) is 104 Å². The normalized spacial score (nSPS) is 25.7. The minimum Gasteiger partial charge on any atom is -0.461 e. The number of aromatic amines is 3. The van der Waals surface area contributed by atoms with Crippen LogP contribution in [0.2, 0.25) is 0 Å². The van der Waals surface area contributed by atoms with E-state index in [4.69, 9.17) is 76.5 Å². The summed E-state index contributed by atoms with van der Waals surface area (Å²) in [6.45, 7) is 1.51. The van der Waals surface area contributed by atoms with Crippen LogP contribution in [0.15, 0.2) is 248 Å². The predicted molar refractivity (Wildman–Crippen MR) is 531 cm³/mol. The summed E-state index contributed by atoms with van der Waals surface area (Å²) in [5, 5.41) is 39.0. The fraction of sp³-hybridized carbons (Fsp3) is 0.465. The number of benzene rings is 6. The Bertz CT molecular complexity index is 6540. The van der Waals surface area contributed by atoms with Crippen molar-refractivity contribution in [2.75, 3.05) is 19.8 Å². The Hall–Kier alpha value is -12.1. The number of carbonyl (C=O) groups is 6. The molecular formula is C101H122ClF3N9O32P3. The molecule has 6 fully saturated rings. The molecule has 0 spiro atoms. The zero-order valence-electron chi connectivity index (χ0n) is 82.6. The van der Waals surface area contributed by atoms with E-state index in [1.165, 1.54) is 78.1 Å². The number of nitrogens with one attached hydrogen (secondary N) is 6. The second-order valence-corrected chi connectivity index (χ2v) is 43.5. The second kappa shape index (κ2) is 51.6. The van der Waals surface area contributed by atoms with Gasteiger partial charge in [-0.05, 0) is 152 Å². The molecule has 0 amide bonds. The van der Waals surface area contributed by atoms with Crippen LogP contribution in [0, 0.1) is 23.2 Å². The number of H-pyrrole nitrogens is 3. The van der Waals surface area contributed by atoms with E-state index in [2.05, 4.69) is 20.2 Å². The standard InChI is InChI=1S/C34H41FN3O11P.C26H25FN2O8.C25H33FN3O10P.C16H23ClNO3P/c1-23(29(40)46-26-15-9-5-10-16-26)37-50(43,49-27-17-11-6-12-18-27)45-22-34(35)24(2)33(3,30(47-34)38-20-19-28(39)36-31(38)41)48-32(42)44-21-25-13-7-4-8-14-25;1-25(23(33)36-15-18-10-6-3-7-11-18)20(21(32)35-14-17-8-4-2-5-9-17)26(27,16-30)37-22(25)29-13-12-19(31)28-24(29)34;1-16(20(31)37-17-9-5-3-6-10-17)28-40(35,39-18-11-7-4-8-12-18)36-15-25(26)21(32)24(2,34)22(38-25)29-14-13-19(30)27-23(29)33;1-13(16(19)12-14-8-4-2-5-9-14)18-22(17,20)21-15-10-6-3-7-11-15/h4,6-8,11-14,17-20,23-24,26,30H,5,9-10,15-16,21-22H2,1-3H3,(H,37,43)(H,36,39,41);2-13,20,22,30H,14-16H2,1H3,(H,28,31,34);4,7-8,11-14,16-17,21-22,32,34H,3,5-6,9-10,15H2,1-2H3,(H,28,35)(H,27,30,33);3,6-7,10-11,13-14H,2,4-5,8-9,12H2,1H3,(H,18,20)/t23-,24-,30+,33+,34+,50?;20-,22+,25+,26+;16-,21-,22+,24+,25+,40?;13-,22?/m0000/s1. The van der Waals surface area contributed by atoms with Crippen molar-refractivity contribution in [3.05, 3.63) is 298 Å². The van der Waals surface area contributed by atoms with Crippen molar-refractivity contribution in [1.29, 1.82) is 0 Å². The van der Waals surface area contributed by atoms with Crippen molar-refractivity contribution in [1.82, 2.24) is 43.9 Å². The highest BCUT2D eigenvalue weighted by molar-refractivity contribution is 7.84. The van der Waals surface area contributed by atoms with Crippen LogP contribution >= 0.6 is 33.6 Å². The summed E-state index contributed by atoms with van der Waals surface area (Å²) in [7, 11) is -9.12. The number of para-hydroxylation sites is 3. The fourth-order valence-electron chi connectivity index (χ4n) is 17.6. The predicted octanol–water partition coefficient (Wildman–Crippen LogP) is 14.2. The minimum atomic E-state index is -4.57. The highest BCUT2D eigenvalue weighted by Gasteiger charge is 2.72. The zero-order chi connectivity index (χ0) is 108. The molecule has 9 aromatic rings. The van der Waals surface area contributed by atoms with Gasteiger partial charge in [0.05, 0.1) is 12.0 Å². The molecule has 149 heavy (non-hydrogen) atoms. The molecule has 806 valence electrons. The van der Waals surface area contributed by atoms with Crippen LogP contribution in [0.3, 0.4) is 0 Å². The molecule has 9 N–H and O–H groups in total. The van der Waals surface area contributed by atoms with Crippen LogP contribution in [0.4, 0.5) is 18.0 Å². The van der Waals surface area contributed by atoms with Crippen molar-refractivity contribution in [3.8, 4) is 17.2 Å². The van der Waals surface area contributed by atoms with E-state index in [1.807, 2.05) is 16.0 Å². The molecule has 3 aromatic heterocycles. The Morgan fingerprint density at radius 1 is 0.470 bits per heavy atom. The van der Waals surface area contributed by atoms with E-state index in [1.54, 1.807) is 159 Å². The number of ketones is 1. The van der Waals surface area contributed by atoms with Crippen LogP contribution in [0.25, 0.3) is 0 Å². The number of carbonyl (C=O) groups excluding carboxylic acids is 6. The number of rotatable bonds is 38. The molecule has 3 saturated heterocycles. The first-order chi connectivity index (χ1) is 70.8. The van der Waals surface area contributed by atoms with Gasteiger partial charge in [-0.3, -0.25) is 76.1 Å². The lowest BCUT2D eigenvalue weighted by atomic mass is 9.74. The highest BCUT2D eigenvalue weighted by atomic mass is 35.7. The van der Waals surface area contributed by atoms with Crippen LogP contribution in [0.5, 0.6) is 17.2 Å². The number of aromatic nitrogens is 6. The highest BCUT2D eigenvalue weighted by Crippen LogP contribution is 2.59. The third-order valence-electron chi connectivity index (χ3n) is 26.0. The quantitative estimate of drug-likeness (QED) is 0.00986. The third-order valence-corrected chi connectivity index (χ3v) is 30.8. The van der Waals surface area contributed by atoms with Crippen LogP contribution in [-0.2, 0) is 109 Å². The van der Waals surface area contributed by atoms with Gasteiger partial charge < -0.3 is 71.5 Å². The smallest absolute Gasteiger partial charge is 0.461 e. The maximum atomic E-state index is 17.1. The van der Waals surface area contributed by atoms with Gasteiger partial charge in [0.15, 0.2) is 24.3 Å². The Kier molecular flexibility index (Phi) is 40.0. The SMILES string of the molecule is C[C@H](NP(=O)(Cl)Oc1ccccc1)C(=O)CC1CCCCC1.C[C@H](NP(=O)(OC[C@@]1(F)O[C@@H](n2ccc(=O)[nH]c2=O)[C@](C)(O)[C@@H]1O)Oc1ccccc1)C(=O)OC1CCCCC1.C[C@H](NP(=O)(OC[C@@]1(F)O[C@@H](n2ccc(=O)[nH]c2=O)[C@](C)(OC(=O)OCc2ccccc2)[C@@H]1C)Oc1ccccc1)C(=O)OC1CCCCC1.C[C@]1(C(=O)OCc2ccccc2)[C@H](n2ccc(=O)[nH]c2=O)O[C@](F)(CO)[C@H]1C(=O)OCc1ccccc1. The number of aliphatic hydroxyl groups is 3. The second-order valence-electron chi connectivity index (χ2n) is 37.4. The molecule has 3 aliphatic heterocycles. The molecule has 0 radical (unpaired) electrons. The van der Waals surface area contributed by atoms with Crippen LogP contribution in [-0.4, -0.2) is 165 Å². The largest absolute Gasteiger partial charge is 0.509 e. The molecule has 6 heterocycles. The molecule has 3 unspecified atom stereocenters. The van der Waals surface area contributed by atoms with E-state index in [9.17, 15) is 86.5 Å². The minimum absolute atomic E-state index is 0.0458. The van der Waals surface area contributed by atoms with Gasteiger partial charge in [-0.15, -0.1) is 0 Å². The summed E-state index contributed by atoms with van der Waals surface area (Å²) in [5.74, 6) is -15.2. The Morgan fingerprint density at radius 3 is 1.25 bits per heavy atom. The van der Waals surface area contributed by atoms with Gasteiger partial charge in [-0.1, -0.05) is 197 Å². The number of hydrogen-bond acceptors (Lipinski definition) is 32. The fourth-order valence-corrected chi connectivity index (χ4v) is 22.4. The van der Waals surface area contributed by atoms with Gasteiger partial charge in [0, 0.05) is 54.5 Å². The molecule has 6 aliphatic rings. The summed E-state index contributed by atoms with van der Waals surface area (Å²) < 4.78 is 168. The average molecular weight is 2160 g/mol. The molecule has 6 aromatic carbocycles. The van der Waals surface area contributed by atoms with Crippen LogP contribution < -0.4 is 62.6 Å². The molecular weight excluding hydrogens is 2040 g/mol. The van der Waals surface area contributed by atoms with Gasteiger partial charge in [0.1, 0.15) is 110 Å². The topological polar surface area (TPSA) is 544 Å². The molecule has 3 saturated carbocycles. The van der Waals surface area contributed by atoms with Crippen molar-refractivity contribution >= 4 is 69.4 Å². The summed E-state index contributed by atoms with van der Waals surface area (Å²) >= 11 is 5.92. The van der Waals surface area contributed by atoms with Crippen molar-refractivity contribution in [2.45, 2.75) is 255 Å². The summed E-state index contributed by atoms with van der Waals surface area (Å²) in [5.41, 5.74) is -9.88. The van der Waals surface area contributed by atoms with Gasteiger partial charge in [0.2, 0.25) is 11.7 Å². The van der Waals surface area contributed by atoms with Gasteiger partial charge in [-0.2, -0.15) is 10.2 Å². The van der Waals surface area contributed by atoms with E-state index >= 15 is 13.2 Å². The summed E-state index contributed by atoms with van der Waals surface area (Å²) in [6, 6.07) is 50.3. The first-order valence-electron chi connectivity index (χ1n) is 48.5. The maximum absolute atomic E-state index is 17.1. The average Bonchev–Trinajstić information content (AvgIpc) is 1.56. The Balaban J connectivity index is 0.000000182. The number of ether oxygens (including phenoxy) is 9. The molecule has 0 bridgehead atoms. The number of alkyl halides is 3. The van der Waals surface area contributed by atoms with Crippen molar-refractivity contribution < 1.29 is 136 Å². The number of halogens is 4. The Labute approximate surface area is 858 Å². The van der Waals surface area contributed by atoms with E-state index < -0.39 is 195 Å². The first-order valence-corrected chi connectivity index (χ1v) is 54.1. The lowest BCUT2D eigenvalue weighted by Gasteiger charge is -2.33. The van der Waals surface area contributed by atoms with Gasteiger partial charge in [0.25, 0.3) is 22.5 Å². The van der Waals surface area contributed by atoms with Crippen LogP contribution in [0.1, 0.15) is 187 Å². The number of Topliss-reactive ketones (excluding diaryl/α,β-unsaturated/α-hetero) is 1. The molecule has 41 nitrogen and oxygen atoms in total. The van der Waals surface area contributed by atoms with E-state index in [0.29, 0.717) is 65.0 Å². The molecule has 18 atom stereocenters. The van der Waals surface area contributed by atoms with E-state index in [-0.39, 0.29) is 49.3 Å². The summed E-state index contributed by atoms with van der Waals surface area (Å²) in [4.78, 5) is 156. The number of hydrogen-bond donors (Lipinski definition) is 9. The number of nitrogens with zero attached hydrogens (tertiary/aromatic N) is 3. The number of esters is 4. The molecule has 48 heteroatoms. The third kappa shape index (κ3) is 30.9. The molecule has 3 aliphatic carbocycles. The van der Waals surface area contributed by atoms with Crippen molar-refractivity contribution in [2.24, 2.45) is 23.2 Å². The first kappa shape index (κ1) is 116. The number of aliphatic hydroxyl groups excluding tert-OH is 2. The summed E-state index contributed by atoms with van der Waals surface area (Å²) in [6.07, 6.45) is 8.83. The lowest BCUT2D eigenvalue weighted by molar-refractivity contribution is -0.204. The monoisotopic (exact) mass is 2160 g/mol. The molecule has 15 rings (SSSR count). The van der Waals surface area contributed by atoms with Gasteiger partial charge in [-0.25, -0.2) is 51.1 Å². The van der Waals surface area contributed by atoms with Gasteiger partial charge >= 0.3 is 69.5 Å².